The molecule has 1 saturated heterocycles. The summed E-state index contributed by atoms with van der Waals surface area (Å²) in [6.07, 6.45) is 1.62. The van der Waals surface area contributed by atoms with Gasteiger partial charge in [0, 0.05) is 31.6 Å². The van der Waals surface area contributed by atoms with E-state index in [4.69, 9.17) is 0 Å². The van der Waals surface area contributed by atoms with Crippen LogP contribution in [0.2, 0.25) is 0 Å². The molecule has 1 aliphatic rings. The number of nitrogens with zero attached hydrogens (tertiary/aromatic N) is 1. The summed E-state index contributed by atoms with van der Waals surface area (Å²) in [5, 5.41) is 3.10. The van der Waals surface area contributed by atoms with Crippen LogP contribution in [-0.4, -0.2) is 35.8 Å². The summed E-state index contributed by atoms with van der Waals surface area (Å²) in [6, 6.07) is 17.9. The first-order valence-corrected chi connectivity index (χ1v) is 8.35. The predicted octanol–water partition coefficient (Wildman–Crippen LogP) is 3.09. The Labute approximate surface area is 142 Å². The zero-order chi connectivity index (χ0) is 16.9. The third-order valence-corrected chi connectivity index (χ3v) is 4.51. The third kappa shape index (κ3) is 3.82. The van der Waals surface area contributed by atoms with E-state index in [0.29, 0.717) is 18.7 Å². The van der Waals surface area contributed by atoms with Crippen molar-refractivity contribution >= 4 is 11.8 Å². The molecule has 4 heteroatoms. The average molecular weight is 322 g/mol. The van der Waals surface area contributed by atoms with Gasteiger partial charge < -0.3 is 10.2 Å². The van der Waals surface area contributed by atoms with E-state index in [1.165, 1.54) is 0 Å². The van der Waals surface area contributed by atoms with Crippen LogP contribution < -0.4 is 5.32 Å². The molecule has 0 aromatic heterocycles. The molecule has 1 heterocycles. The van der Waals surface area contributed by atoms with Crippen molar-refractivity contribution in [2.24, 2.45) is 0 Å². The van der Waals surface area contributed by atoms with Crippen molar-refractivity contribution in [1.29, 1.82) is 0 Å². The minimum absolute atomic E-state index is 0.0472. The maximum atomic E-state index is 12.5. The molecule has 1 fully saturated rings. The number of carbonyl (C=O) groups is 2. The molecule has 2 aromatic rings. The van der Waals surface area contributed by atoms with E-state index in [1.54, 1.807) is 6.92 Å². The fraction of sp³-hybridized carbons (Fsp3) is 0.300. The zero-order valence-electron chi connectivity index (χ0n) is 13.9. The number of carbonyl (C=O) groups excluding carboxylic acids is 2. The van der Waals surface area contributed by atoms with Gasteiger partial charge in [0.15, 0.2) is 0 Å². The topological polar surface area (TPSA) is 49.4 Å². The molecular formula is C20H22N2O2. The second-order valence-corrected chi connectivity index (χ2v) is 6.20. The summed E-state index contributed by atoms with van der Waals surface area (Å²) in [5.41, 5.74) is 2.81. The van der Waals surface area contributed by atoms with Gasteiger partial charge in [-0.15, -0.1) is 0 Å². The average Bonchev–Trinajstić information content (AvgIpc) is 2.63. The first-order valence-electron chi connectivity index (χ1n) is 8.35. The number of likely N-dealkylation sites (tertiary alicyclic amines) is 1. The Bertz CT molecular complexity index is 719. The second-order valence-electron chi connectivity index (χ2n) is 6.20. The number of rotatable bonds is 3. The summed E-state index contributed by atoms with van der Waals surface area (Å²) < 4.78 is 0. The Morgan fingerprint density at radius 2 is 1.62 bits per heavy atom. The highest BCUT2D eigenvalue weighted by atomic mass is 16.2. The minimum Gasteiger partial charge on any atom is -0.349 e. The number of nitrogens with one attached hydrogen (secondary N) is 1. The van der Waals surface area contributed by atoms with Crippen molar-refractivity contribution in [2.75, 3.05) is 13.1 Å². The van der Waals surface area contributed by atoms with Gasteiger partial charge in [-0.3, -0.25) is 9.59 Å². The molecule has 0 atom stereocenters. The van der Waals surface area contributed by atoms with Crippen LogP contribution >= 0.6 is 0 Å². The fourth-order valence-electron chi connectivity index (χ4n) is 3.08. The molecule has 0 aliphatic carbocycles. The smallest absolute Gasteiger partial charge is 0.251 e. The molecular weight excluding hydrogens is 300 g/mol. The minimum atomic E-state index is -0.0472. The Hall–Kier alpha value is -2.62. The Kier molecular flexibility index (Phi) is 4.94. The fourth-order valence-corrected chi connectivity index (χ4v) is 3.08. The standard InChI is InChI=1S/C20H22N2O2/c1-15(23)22-12-10-19(11-13-22)21-20(24)18-9-5-8-17(14-18)16-6-3-2-4-7-16/h2-9,14,19H,10-13H2,1H3,(H,21,24). The van der Waals surface area contributed by atoms with Gasteiger partial charge in [-0.05, 0) is 36.1 Å². The Morgan fingerprint density at radius 1 is 0.958 bits per heavy atom. The van der Waals surface area contributed by atoms with Gasteiger partial charge >= 0.3 is 0 Å². The second kappa shape index (κ2) is 7.30. The SMILES string of the molecule is CC(=O)N1CCC(NC(=O)c2cccc(-c3ccccc3)c2)CC1. The first kappa shape index (κ1) is 16.2. The highest BCUT2D eigenvalue weighted by molar-refractivity contribution is 5.95. The molecule has 24 heavy (non-hydrogen) atoms. The van der Waals surface area contributed by atoms with E-state index in [0.717, 1.165) is 24.0 Å². The summed E-state index contributed by atoms with van der Waals surface area (Å²) >= 11 is 0. The molecule has 1 N–H and O–H groups in total. The van der Waals surface area contributed by atoms with E-state index < -0.39 is 0 Å². The van der Waals surface area contributed by atoms with Crippen molar-refractivity contribution in [1.82, 2.24) is 10.2 Å². The monoisotopic (exact) mass is 322 g/mol. The normalized spacial score (nSPS) is 15.1. The highest BCUT2D eigenvalue weighted by Crippen LogP contribution is 2.20. The van der Waals surface area contributed by atoms with E-state index in [9.17, 15) is 9.59 Å². The molecule has 4 nitrogen and oxygen atoms in total. The molecule has 2 aromatic carbocycles. The van der Waals surface area contributed by atoms with Gasteiger partial charge in [0.1, 0.15) is 0 Å². The lowest BCUT2D eigenvalue weighted by Crippen LogP contribution is -2.46. The first-order chi connectivity index (χ1) is 11.6. The van der Waals surface area contributed by atoms with Crippen molar-refractivity contribution in [2.45, 2.75) is 25.8 Å². The maximum absolute atomic E-state index is 12.5. The molecule has 124 valence electrons. The molecule has 0 bridgehead atoms. The number of benzene rings is 2. The largest absolute Gasteiger partial charge is 0.349 e. The third-order valence-electron chi connectivity index (χ3n) is 4.51. The van der Waals surface area contributed by atoms with Crippen LogP contribution in [0, 0.1) is 0 Å². The van der Waals surface area contributed by atoms with Crippen LogP contribution in [-0.2, 0) is 4.79 Å². The number of amides is 2. The Balaban J connectivity index is 1.65. The summed E-state index contributed by atoms with van der Waals surface area (Å²) in [5.74, 6) is 0.0596. The van der Waals surface area contributed by atoms with Gasteiger partial charge in [0.2, 0.25) is 5.91 Å². The van der Waals surface area contributed by atoms with Crippen LogP contribution in [0.3, 0.4) is 0 Å². The van der Waals surface area contributed by atoms with Crippen LogP contribution in [0.4, 0.5) is 0 Å². The molecule has 0 radical (unpaired) electrons. The van der Waals surface area contributed by atoms with Crippen LogP contribution in [0.25, 0.3) is 11.1 Å². The lowest BCUT2D eigenvalue weighted by molar-refractivity contribution is -0.129. The van der Waals surface area contributed by atoms with Crippen molar-refractivity contribution < 1.29 is 9.59 Å². The molecule has 0 unspecified atom stereocenters. The van der Waals surface area contributed by atoms with Crippen molar-refractivity contribution in [3.8, 4) is 11.1 Å². The van der Waals surface area contributed by atoms with E-state index in [1.807, 2.05) is 59.5 Å². The van der Waals surface area contributed by atoms with E-state index in [2.05, 4.69) is 5.32 Å². The van der Waals surface area contributed by atoms with Gasteiger partial charge in [-0.1, -0.05) is 42.5 Å². The van der Waals surface area contributed by atoms with Crippen LogP contribution in [0.15, 0.2) is 54.6 Å². The van der Waals surface area contributed by atoms with Crippen molar-refractivity contribution in [3.05, 3.63) is 60.2 Å². The number of hydrogen-bond donors (Lipinski definition) is 1. The molecule has 1 aliphatic heterocycles. The zero-order valence-corrected chi connectivity index (χ0v) is 13.9. The van der Waals surface area contributed by atoms with Crippen molar-refractivity contribution in [3.63, 3.8) is 0 Å². The number of hydrogen-bond acceptors (Lipinski definition) is 2. The van der Waals surface area contributed by atoms with Gasteiger partial charge in [-0.2, -0.15) is 0 Å². The van der Waals surface area contributed by atoms with Crippen LogP contribution in [0.5, 0.6) is 0 Å². The van der Waals surface area contributed by atoms with E-state index >= 15 is 0 Å². The van der Waals surface area contributed by atoms with Crippen LogP contribution in [0.1, 0.15) is 30.1 Å². The highest BCUT2D eigenvalue weighted by Gasteiger charge is 2.22. The van der Waals surface area contributed by atoms with Gasteiger partial charge in [0.05, 0.1) is 0 Å². The summed E-state index contributed by atoms with van der Waals surface area (Å²) in [6.45, 7) is 3.02. The molecule has 3 rings (SSSR count). The quantitative estimate of drug-likeness (QED) is 0.944. The van der Waals surface area contributed by atoms with Gasteiger partial charge in [0.25, 0.3) is 5.91 Å². The predicted molar refractivity (Wildman–Crippen MR) is 94.6 cm³/mol. The summed E-state index contributed by atoms with van der Waals surface area (Å²) in [4.78, 5) is 25.7. The lowest BCUT2D eigenvalue weighted by Gasteiger charge is -2.31. The number of piperidine rings is 1. The van der Waals surface area contributed by atoms with Gasteiger partial charge in [-0.25, -0.2) is 0 Å². The van der Waals surface area contributed by atoms with E-state index in [-0.39, 0.29) is 17.9 Å². The summed E-state index contributed by atoms with van der Waals surface area (Å²) in [7, 11) is 0. The molecule has 0 spiro atoms. The lowest BCUT2D eigenvalue weighted by atomic mass is 10.0. The maximum Gasteiger partial charge on any atom is 0.251 e. The molecule has 0 saturated carbocycles. The Morgan fingerprint density at radius 3 is 2.29 bits per heavy atom. The molecule has 2 amide bonds.